The number of anilines is 2. The Balaban J connectivity index is 1.97. The summed E-state index contributed by atoms with van der Waals surface area (Å²) in [7, 11) is 0. The molecular formula is C12H19FN4O. The summed E-state index contributed by atoms with van der Waals surface area (Å²) in [6.07, 6.45) is 4.08. The number of nitrogens with one attached hydrogen (secondary N) is 2. The molecule has 0 radical (unpaired) electrons. The molecule has 3 N–H and O–H groups in total. The van der Waals surface area contributed by atoms with Gasteiger partial charge < -0.3 is 15.7 Å². The minimum absolute atomic E-state index is 0.129. The molecule has 1 saturated carbocycles. The highest BCUT2D eigenvalue weighted by molar-refractivity contribution is 5.41. The summed E-state index contributed by atoms with van der Waals surface area (Å²) in [6.45, 7) is 3.45. The topological polar surface area (TPSA) is 70.1 Å². The van der Waals surface area contributed by atoms with Crippen molar-refractivity contribution in [3.63, 3.8) is 0 Å². The van der Waals surface area contributed by atoms with Gasteiger partial charge in [-0.15, -0.1) is 0 Å². The standard InChI is InChI=1S/C12H19FN4O/c1-2-14-11-15-7-9(13)10(17-11)16-8-12(3-4-12)5-6-18/h7,18H,2-6,8H2,1H3,(H2,14,15,16,17). The molecule has 0 amide bonds. The summed E-state index contributed by atoms with van der Waals surface area (Å²) in [6, 6.07) is 0. The first kappa shape index (κ1) is 13.0. The molecule has 0 atom stereocenters. The first-order chi connectivity index (χ1) is 8.69. The lowest BCUT2D eigenvalue weighted by molar-refractivity contribution is 0.253. The monoisotopic (exact) mass is 254 g/mol. The highest BCUT2D eigenvalue weighted by Gasteiger charge is 2.41. The Kier molecular flexibility index (Phi) is 3.96. The van der Waals surface area contributed by atoms with E-state index in [4.69, 9.17) is 5.11 Å². The number of nitrogens with zero attached hydrogens (tertiary/aromatic N) is 2. The van der Waals surface area contributed by atoms with Crippen LogP contribution in [0, 0.1) is 11.2 Å². The zero-order valence-corrected chi connectivity index (χ0v) is 10.5. The summed E-state index contributed by atoms with van der Waals surface area (Å²) in [5, 5.41) is 14.9. The molecule has 1 aliphatic rings. The summed E-state index contributed by atoms with van der Waals surface area (Å²) in [5.74, 6) is 0.204. The van der Waals surface area contributed by atoms with Crippen LogP contribution in [0.2, 0.25) is 0 Å². The summed E-state index contributed by atoms with van der Waals surface area (Å²) in [4.78, 5) is 7.93. The summed E-state index contributed by atoms with van der Waals surface area (Å²) >= 11 is 0. The minimum atomic E-state index is -0.448. The van der Waals surface area contributed by atoms with E-state index in [1.807, 2.05) is 6.92 Å². The van der Waals surface area contributed by atoms with Crippen molar-refractivity contribution in [2.75, 3.05) is 30.3 Å². The van der Waals surface area contributed by atoms with E-state index < -0.39 is 5.82 Å². The molecule has 100 valence electrons. The second kappa shape index (κ2) is 5.48. The van der Waals surface area contributed by atoms with Crippen LogP contribution < -0.4 is 10.6 Å². The molecule has 1 fully saturated rings. The molecule has 6 heteroatoms. The quantitative estimate of drug-likeness (QED) is 0.690. The number of halogens is 1. The molecule has 0 bridgehead atoms. The molecule has 1 aliphatic carbocycles. The number of rotatable bonds is 7. The third-order valence-electron chi connectivity index (χ3n) is 3.31. The van der Waals surface area contributed by atoms with Gasteiger partial charge in [0.15, 0.2) is 11.6 Å². The first-order valence-corrected chi connectivity index (χ1v) is 6.30. The molecule has 0 aromatic carbocycles. The average molecular weight is 254 g/mol. The van der Waals surface area contributed by atoms with Gasteiger partial charge in [-0.1, -0.05) is 0 Å². The lowest BCUT2D eigenvalue weighted by Crippen LogP contribution is -2.18. The SMILES string of the molecule is CCNc1ncc(F)c(NCC2(CCO)CC2)n1. The largest absolute Gasteiger partial charge is 0.396 e. The predicted molar refractivity (Wildman–Crippen MR) is 68.0 cm³/mol. The van der Waals surface area contributed by atoms with E-state index in [0.29, 0.717) is 19.0 Å². The van der Waals surface area contributed by atoms with Crippen molar-refractivity contribution in [1.82, 2.24) is 9.97 Å². The van der Waals surface area contributed by atoms with Crippen LogP contribution in [0.15, 0.2) is 6.20 Å². The number of aliphatic hydroxyl groups is 1. The first-order valence-electron chi connectivity index (χ1n) is 6.30. The molecule has 0 spiro atoms. The zero-order chi connectivity index (χ0) is 13.0. The predicted octanol–water partition coefficient (Wildman–Crippen LogP) is 1.62. The normalized spacial score (nSPS) is 16.4. The van der Waals surface area contributed by atoms with Gasteiger partial charge in [0, 0.05) is 19.7 Å². The Hall–Kier alpha value is -1.43. The minimum Gasteiger partial charge on any atom is -0.396 e. The lowest BCUT2D eigenvalue weighted by atomic mass is 10.0. The van der Waals surface area contributed by atoms with Crippen LogP contribution in [0.1, 0.15) is 26.2 Å². The molecule has 5 nitrogen and oxygen atoms in total. The molecule has 0 aliphatic heterocycles. The van der Waals surface area contributed by atoms with E-state index in [2.05, 4.69) is 20.6 Å². The molecule has 18 heavy (non-hydrogen) atoms. The van der Waals surface area contributed by atoms with Crippen LogP contribution in [-0.2, 0) is 0 Å². The Morgan fingerprint density at radius 3 is 2.83 bits per heavy atom. The Labute approximate surface area is 106 Å². The van der Waals surface area contributed by atoms with Crippen LogP contribution in [0.5, 0.6) is 0 Å². The van der Waals surface area contributed by atoms with Crippen molar-refractivity contribution >= 4 is 11.8 Å². The molecule has 1 aromatic rings. The van der Waals surface area contributed by atoms with Crippen molar-refractivity contribution in [1.29, 1.82) is 0 Å². The van der Waals surface area contributed by atoms with Crippen LogP contribution >= 0.6 is 0 Å². The second-order valence-electron chi connectivity index (χ2n) is 4.75. The summed E-state index contributed by atoms with van der Waals surface area (Å²) in [5.41, 5.74) is 0.129. The van der Waals surface area contributed by atoms with Crippen LogP contribution in [0.4, 0.5) is 16.2 Å². The van der Waals surface area contributed by atoms with Crippen LogP contribution in [0.3, 0.4) is 0 Å². The fourth-order valence-electron chi connectivity index (χ4n) is 1.93. The number of hydrogen-bond acceptors (Lipinski definition) is 5. The van der Waals surface area contributed by atoms with Gasteiger partial charge in [0.1, 0.15) is 0 Å². The Morgan fingerprint density at radius 1 is 1.44 bits per heavy atom. The van der Waals surface area contributed by atoms with Gasteiger partial charge >= 0.3 is 0 Å². The van der Waals surface area contributed by atoms with E-state index in [1.54, 1.807) is 0 Å². The fourth-order valence-corrected chi connectivity index (χ4v) is 1.93. The van der Waals surface area contributed by atoms with Crippen LogP contribution in [-0.4, -0.2) is 34.8 Å². The van der Waals surface area contributed by atoms with Crippen LogP contribution in [0.25, 0.3) is 0 Å². The third kappa shape index (κ3) is 3.07. The molecule has 1 heterocycles. The van der Waals surface area contributed by atoms with E-state index in [1.165, 1.54) is 6.20 Å². The van der Waals surface area contributed by atoms with Gasteiger partial charge in [-0.25, -0.2) is 9.37 Å². The van der Waals surface area contributed by atoms with Gasteiger partial charge in [0.25, 0.3) is 0 Å². The maximum Gasteiger partial charge on any atom is 0.224 e. The third-order valence-corrected chi connectivity index (χ3v) is 3.31. The highest BCUT2D eigenvalue weighted by Crippen LogP contribution is 2.48. The zero-order valence-electron chi connectivity index (χ0n) is 10.5. The van der Waals surface area contributed by atoms with Crippen molar-refractivity contribution in [2.45, 2.75) is 26.2 Å². The van der Waals surface area contributed by atoms with E-state index in [0.717, 1.165) is 19.3 Å². The second-order valence-corrected chi connectivity index (χ2v) is 4.75. The number of aliphatic hydroxyl groups excluding tert-OH is 1. The van der Waals surface area contributed by atoms with E-state index in [9.17, 15) is 4.39 Å². The Bertz CT molecular complexity index is 409. The molecule has 0 saturated heterocycles. The molecule has 0 unspecified atom stereocenters. The number of aromatic nitrogens is 2. The molecular weight excluding hydrogens is 235 g/mol. The van der Waals surface area contributed by atoms with Crippen molar-refractivity contribution < 1.29 is 9.50 Å². The van der Waals surface area contributed by atoms with Crippen molar-refractivity contribution in [3.05, 3.63) is 12.0 Å². The molecule has 2 rings (SSSR count). The Morgan fingerprint density at radius 2 is 2.22 bits per heavy atom. The molecule has 1 aromatic heterocycles. The van der Waals surface area contributed by atoms with E-state index in [-0.39, 0.29) is 17.8 Å². The van der Waals surface area contributed by atoms with Crippen molar-refractivity contribution in [2.24, 2.45) is 5.41 Å². The smallest absolute Gasteiger partial charge is 0.224 e. The average Bonchev–Trinajstić information content (AvgIpc) is 3.11. The van der Waals surface area contributed by atoms with Gasteiger partial charge in [-0.3, -0.25) is 0 Å². The van der Waals surface area contributed by atoms with E-state index >= 15 is 0 Å². The maximum absolute atomic E-state index is 13.5. The van der Waals surface area contributed by atoms with Crippen molar-refractivity contribution in [3.8, 4) is 0 Å². The highest BCUT2D eigenvalue weighted by atomic mass is 19.1. The fraction of sp³-hybridized carbons (Fsp3) is 0.667. The van der Waals surface area contributed by atoms with Gasteiger partial charge in [0.05, 0.1) is 6.20 Å². The lowest BCUT2D eigenvalue weighted by Gasteiger charge is -2.15. The maximum atomic E-state index is 13.5. The van der Waals surface area contributed by atoms with Gasteiger partial charge in [-0.05, 0) is 31.6 Å². The van der Waals surface area contributed by atoms with Gasteiger partial charge in [-0.2, -0.15) is 4.98 Å². The van der Waals surface area contributed by atoms with Gasteiger partial charge in [0.2, 0.25) is 5.95 Å². The number of hydrogen-bond donors (Lipinski definition) is 3. The summed E-state index contributed by atoms with van der Waals surface area (Å²) < 4.78 is 13.5.